The molecule has 0 radical (unpaired) electrons. The third kappa shape index (κ3) is 4.32. The Morgan fingerprint density at radius 2 is 1.89 bits per heavy atom. The van der Waals surface area contributed by atoms with Crippen LogP contribution >= 0.6 is 10.7 Å². The van der Waals surface area contributed by atoms with Gasteiger partial charge in [-0.15, -0.1) is 0 Å². The Labute approximate surface area is 112 Å². The number of amides is 1. The van der Waals surface area contributed by atoms with Gasteiger partial charge < -0.3 is 10.1 Å². The van der Waals surface area contributed by atoms with E-state index in [9.17, 15) is 22.0 Å². The van der Waals surface area contributed by atoms with Gasteiger partial charge in [0.05, 0.1) is 17.9 Å². The molecule has 1 amide bonds. The number of hydrogen-bond donors (Lipinski definition) is 1. The highest BCUT2D eigenvalue weighted by Gasteiger charge is 2.19. The lowest BCUT2D eigenvalue weighted by molar-refractivity contribution is -0.121. The molecule has 0 atom stereocenters. The maximum absolute atomic E-state index is 13.5. The quantitative estimate of drug-likeness (QED) is 0.834. The van der Waals surface area contributed by atoms with Gasteiger partial charge in [-0.25, -0.2) is 17.2 Å². The molecular formula is C10H10ClF2NO4S. The first-order valence-electron chi connectivity index (χ1n) is 5.02. The summed E-state index contributed by atoms with van der Waals surface area (Å²) in [5.41, 5.74) is 0. The van der Waals surface area contributed by atoms with Crippen molar-refractivity contribution in [1.82, 2.24) is 5.32 Å². The maximum Gasteiger partial charge on any atom is 0.261 e. The van der Waals surface area contributed by atoms with E-state index in [0.717, 1.165) is 0 Å². The molecule has 5 nitrogen and oxygen atoms in total. The molecule has 0 spiro atoms. The van der Waals surface area contributed by atoms with Crippen LogP contribution in [-0.4, -0.2) is 28.0 Å². The molecule has 0 aliphatic heterocycles. The van der Waals surface area contributed by atoms with Crippen LogP contribution in [0.15, 0.2) is 17.0 Å². The summed E-state index contributed by atoms with van der Waals surface area (Å²) >= 11 is 0. The molecule has 1 N–H and O–H groups in total. The first-order chi connectivity index (χ1) is 8.75. The highest BCUT2D eigenvalue weighted by Crippen LogP contribution is 2.27. The van der Waals surface area contributed by atoms with Crippen molar-refractivity contribution in [3.63, 3.8) is 0 Å². The topological polar surface area (TPSA) is 72.5 Å². The molecule has 19 heavy (non-hydrogen) atoms. The second-order valence-corrected chi connectivity index (χ2v) is 5.99. The molecule has 0 saturated carbocycles. The van der Waals surface area contributed by atoms with Crippen molar-refractivity contribution in [3.05, 3.63) is 23.8 Å². The minimum absolute atomic E-state index is 0.0923. The van der Waals surface area contributed by atoms with Gasteiger partial charge in [-0.1, -0.05) is 0 Å². The third-order valence-electron chi connectivity index (χ3n) is 2.11. The molecule has 0 aliphatic carbocycles. The Morgan fingerprint density at radius 3 is 2.32 bits per heavy atom. The maximum atomic E-state index is 13.5. The van der Waals surface area contributed by atoms with Crippen LogP contribution in [-0.2, 0) is 13.8 Å². The third-order valence-corrected chi connectivity index (χ3v) is 3.44. The Kier molecular flexibility index (Phi) is 5.07. The van der Waals surface area contributed by atoms with Gasteiger partial charge in [0.1, 0.15) is 0 Å². The van der Waals surface area contributed by atoms with Gasteiger partial charge in [0.2, 0.25) is 5.91 Å². The molecule has 0 aliphatic rings. The summed E-state index contributed by atoms with van der Waals surface area (Å²) in [6.45, 7) is -0.250. The van der Waals surface area contributed by atoms with E-state index >= 15 is 0 Å². The van der Waals surface area contributed by atoms with Crippen LogP contribution in [0.25, 0.3) is 0 Å². The van der Waals surface area contributed by atoms with E-state index in [0.29, 0.717) is 12.1 Å². The number of hydrogen-bond acceptors (Lipinski definition) is 4. The largest absolute Gasteiger partial charge is 0.487 e. The number of rotatable bonds is 5. The number of carbonyl (C=O) groups excluding carboxylic acids is 1. The first-order valence-corrected chi connectivity index (χ1v) is 7.33. The Hall–Kier alpha value is -1.41. The van der Waals surface area contributed by atoms with Crippen molar-refractivity contribution in [2.45, 2.75) is 11.3 Å². The summed E-state index contributed by atoms with van der Waals surface area (Å²) in [6, 6.07) is 1.08. The predicted molar refractivity (Wildman–Crippen MR) is 63.6 cm³/mol. The number of ether oxygens (including phenoxy) is 1. The molecule has 106 valence electrons. The monoisotopic (exact) mass is 313 g/mol. The summed E-state index contributed by atoms with van der Waals surface area (Å²) < 4.78 is 53.5. The van der Waals surface area contributed by atoms with Crippen LogP contribution in [0.1, 0.15) is 6.42 Å². The first kappa shape index (κ1) is 15.6. The number of carbonyl (C=O) groups is 1. The summed E-state index contributed by atoms with van der Waals surface area (Å²) in [7, 11) is 2.14. The van der Waals surface area contributed by atoms with Crippen molar-refractivity contribution < 1.29 is 26.7 Å². The summed E-state index contributed by atoms with van der Waals surface area (Å²) in [5.74, 6) is -3.54. The Bertz CT molecular complexity index is 568. The van der Waals surface area contributed by atoms with Crippen LogP contribution in [0.2, 0.25) is 0 Å². The van der Waals surface area contributed by atoms with Gasteiger partial charge in [0.15, 0.2) is 17.4 Å². The molecule has 0 heterocycles. The Balaban J connectivity index is 2.89. The lowest BCUT2D eigenvalue weighted by Gasteiger charge is -2.08. The van der Waals surface area contributed by atoms with Gasteiger partial charge in [-0.2, -0.15) is 0 Å². The van der Waals surface area contributed by atoms with Crippen LogP contribution in [0.4, 0.5) is 8.78 Å². The lowest BCUT2D eigenvalue weighted by atomic mass is 10.3. The lowest BCUT2D eigenvalue weighted by Crippen LogP contribution is -2.20. The molecule has 1 aromatic carbocycles. The molecule has 0 unspecified atom stereocenters. The average Bonchev–Trinajstić information content (AvgIpc) is 2.30. The van der Waals surface area contributed by atoms with Gasteiger partial charge in [0.25, 0.3) is 9.05 Å². The summed E-state index contributed by atoms with van der Waals surface area (Å²) in [5, 5.41) is 2.31. The smallest absolute Gasteiger partial charge is 0.261 e. The molecule has 9 heteroatoms. The summed E-state index contributed by atoms with van der Waals surface area (Å²) in [4.78, 5) is 10.2. The van der Waals surface area contributed by atoms with E-state index in [1.54, 1.807) is 0 Å². The molecule has 0 saturated heterocycles. The number of nitrogens with one attached hydrogen (secondary N) is 1. The van der Waals surface area contributed by atoms with Crippen LogP contribution in [0.5, 0.6) is 5.75 Å². The Morgan fingerprint density at radius 1 is 1.37 bits per heavy atom. The molecule has 0 fully saturated rings. The average molecular weight is 314 g/mol. The molecule has 1 aromatic rings. The second-order valence-electron chi connectivity index (χ2n) is 3.43. The predicted octanol–water partition coefficient (Wildman–Crippen LogP) is 1.41. The number of halogens is 3. The number of benzene rings is 1. The van der Waals surface area contributed by atoms with E-state index in [1.165, 1.54) is 7.05 Å². The molecular weight excluding hydrogens is 304 g/mol. The zero-order valence-corrected chi connectivity index (χ0v) is 11.3. The van der Waals surface area contributed by atoms with Gasteiger partial charge in [-0.05, 0) is 12.1 Å². The molecule has 0 aromatic heterocycles. The fourth-order valence-electron chi connectivity index (χ4n) is 1.19. The molecule has 1 rings (SSSR count). The van der Waals surface area contributed by atoms with E-state index in [-0.39, 0.29) is 18.9 Å². The highest BCUT2D eigenvalue weighted by atomic mass is 35.7. The van der Waals surface area contributed by atoms with Gasteiger partial charge in [-0.3, -0.25) is 4.79 Å². The highest BCUT2D eigenvalue weighted by molar-refractivity contribution is 8.13. The molecule has 0 bridgehead atoms. The minimum Gasteiger partial charge on any atom is -0.487 e. The minimum atomic E-state index is -4.23. The normalized spacial score (nSPS) is 11.2. The zero-order valence-electron chi connectivity index (χ0n) is 9.74. The van der Waals surface area contributed by atoms with E-state index in [4.69, 9.17) is 15.4 Å². The SMILES string of the molecule is CNC(=O)CCOc1c(F)cc(S(=O)(=O)Cl)cc1F. The van der Waals surface area contributed by atoms with E-state index in [2.05, 4.69) is 5.32 Å². The van der Waals surface area contributed by atoms with Gasteiger partial charge in [0, 0.05) is 17.7 Å². The fourth-order valence-corrected chi connectivity index (χ4v) is 1.94. The van der Waals surface area contributed by atoms with Crippen molar-refractivity contribution >= 4 is 25.6 Å². The van der Waals surface area contributed by atoms with E-state index < -0.39 is 31.3 Å². The zero-order chi connectivity index (χ0) is 14.6. The van der Waals surface area contributed by atoms with Crippen LogP contribution in [0, 0.1) is 11.6 Å². The fraction of sp³-hybridized carbons (Fsp3) is 0.300. The van der Waals surface area contributed by atoms with E-state index in [1.807, 2.05) is 0 Å². The standard InChI is InChI=1S/C10H10ClF2NO4S/c1-14-9(15)2-3-18-10-7(12)4-6(5-8(10)13)19(11,16)17/h4-5H,2-3H2,1H3,(H,14,15). The second kappa shape index (κ2) is 6.16. The van der Waals surface area contributed by atoms with Crippen molar-refractivity contribution in [3.8, 4) is 5.75 Å². The van der Waals surface area contributed by atoms with Crippen LogP contribution < -0.4 is 10.1 Å². The van der Waals surface area contributed by atoms with Crippen LogP contribution in [0.3, 0.4) is 0 Å². The van der Waals surface area contributed by atoms with Crippen molar-refractivity contribution in [2.75, 3.05) is 13.7 Å². The van der Waals surface area contributed by atoms with Crippen molar-refractivity contribution in [2.24, 2.45) is 0 Å². The van der Waals surface area contributed by atoms with Crippen molar-refractivity contribution in [1.29, 1.82) is 0 Å². The summed E-state index contributed by atoms with van der Waals surface area (Å²) in [6.07, 6.45) is -0.0923. The van der Waals surface area contributed by atoms with Gasteiger partial charge >= 0.3 is 0 Å².